The van der Waals surface area contributed by atoms with Crippen molar-refractivity contribution in [1.29, 1.82) is 0 Å². The van der Waals surface area contributed by atoms with Crippen LogP contribution in [0.3, 0.4) is 0 Å². The molecule has 0 aliphatic carbocycles. The van der Waals surface area contributed by atoms with Crippen LogP contribution in [-0.4, -0.2) is 35.0 Å². The van der Waals surface area contributed by atoms with Gasteiger partial charge in [-0.25, -0.2) is 15.3 Å². The monoisotopic (exact) mass is 415 g/mol. The van der Waals surface area contributed by atoms with Gasteiger partial charge in [0.25, 0.3) is 0 Å². The number of carbonyl (C=O) groups excluding carboxylic acids is 1. The van der Waals surface area contributed by atoms with E-state index < -0.39 is 6.03 Å². The van der Waals surface area contributed by atoms with Gasteiger partial charge in [0, 0.05) is 13.2 Å². The normalized spacial score (nSPS) is 10.5. The van der Waals surface area contributed by atoms with Crippen molar-refractivity contribution in [3.8, 4) is 17.2 Å². The van der Waals surface area contributed by atoms with Crippen LogP contribution in [0, 0.1) is 6.92 Å². The number of aromatic nitrogens is 2. The van der Waals surface area contributed by atoms with Crippen LogP contribution in [0.25, 0.3) is 5.69 Å². The first-order valence-electron chi connectivity index (χ1n) is 8.79. The minimum atomic E-state index is -0.462. The molecule has 1 aromatic heterocycles. The number of urea groups is 1. The van der Waals surface area contributed by atoms with Gasteiger partial charge >= 0.3 is 6.03 Å². The van der Waals surface area contributed by atoms with Crippen molar-refractivity contribution in [2.45, 2.75) is 13.5 Å². The summed E-state index contributed by atoms with van der Waals surface area (Å²) in [5, 5.41) is 8.49. The van der Waals surface area contributed by atoms with Gasteiger partial charge < -0.3 is 14.8 Å². The highest BCUT2D eigenvalue weighted by Crippen LogP contribution is 2.31. The fourth-order valence-corrected chi connectivity index (χ4v) is 2.91. The maximum atomic E-state index is 11.9. The van der Waals surface area contributed by atoms with E-state index in [1.807, 2.05) is 25.3 Å². The maximum Gasteiger partial charge on any atom is 0.335 e. The zero-order valence-electron chi connectivity index (χ0n) is 16.3. The Morgan fingerprint density at radius 3 is 2.69 bits per heavy atom. The van der Waals surface area contributed by atoms with Gasteiger partial charge in [-0.1, -0.05) is 17.7 Å². The number of amides is 2. The number of nitrogens with zero attached hydrogens (tertiary/aromatic N) is 3. The van der Waals surface area contributed by atoms with Crippen molar-refractivity contribution in [3.63, 3.8) is 0 Å². The Morgan fingerprint density at radius 2 is 2.07 bits per heavy atom. The third-order valence-electron chi connectivity index (χ3n) is 4.19. The van der Waals surface area contributed by atoms with Gasteiger partial charge in [0.1, 0.15) is 18.1 Å². The van der Waals surface area contributed by atoms with Crippen LogP contribution in [0.15, 0.2) is 48.7 Å². The van der Waals surface area contributed by atoms with E-state index in [9.17, 15) is 4.79 Å². The molecule has 0 bridgehead atoms. The lowest BCUT2D eigenvalue weighted by Crippen LogP contribution is -2.37. The molecule has 0 aliphatic heterocycles. The Hall–Kier alpha value is -3.23. The molecule has 0 aliphatic rings. The topological polar surface area (TPSA) is 94.6 Å². The van der Waals surface area contributed by atoms with E-state index in [0.717, 1.165) is 16.4 Å². The molecule has 0 unspecified atom stereocenters. The predicted molar refractivity (Wildman–Crippen MR) is 112 cm³/mol. The van der Waals surface area contributed by atoms with E-state index in [0.29, 0.717) is 27.8 Å². The number of hydrogen-bond acceptors (Lipinski definition) is 5. The molecule has 29 heavy (non-hydrogen) atoms. The summed E-state index contributed by atoms with van der Waals surface area (Å²) in [6.07, 6.45) is 1.86. The molecule has 0 saturated carbocycles. The number of nitrogens with one attached hydrogen (secondary N) is 1. The number of carbonyl (C=O) groups is 1. The van der Waals surface area contributed by atoms with Crippen LogP contribution < -0.4 is 20.6 Å². The largest absolute Gasteiger partial charge is 0.496 e. The molecule has 0 atom stereocenters. The predicted octanol–water partition coefficient (Wildman–Crippen LogP) is 3.76. The molecule has 0 spiro atoms. The lowest BCUT2D eigenvalue weighted by atomic mass is 10.1. The molecule has 3 aromatic rings. The summed E-state index contributed by atoms with van der Waals surface area (Å²) in [4.78, 5) is 11.9. The van der Waals surface area contributed by atoms with Crippen LogP contribution in [0.1, 0.15) is 11.3 Å². The van der Waals surface area contributed by atoms with Crippen molar-refractivity contribution in [2.24, 2.45) is 5.84 Å². The highest BCUT2D eigenvalue weighted by atomic mass is 35.5. The van der Waals surface area contributed by atoms with Gasteiger partial charge in [-0.3, -0.25) is 5.01 Å². The molecule has 2 aromatic carbocycles. The molecule has 8 nitrogen and oxygen atoms in total. The van der Waals surface area contributed by atoms with Crippen LogP contribution >= 0.6 is 11.6 Å². The number of methoxy groups -OCH3 is 1. The van der Waals surface area contributed by atoms with Crippen LogP contribution in [0.4, 0.5) is 10.5 Å². The standard InChI is InChI=1S/C20H22ClN5O3/c1-13-9-10-26(24-13)14-7-8-19(16(21)11-14)29-12-15-17(23-20(27)25(2)22)5-4-6-18(15)28-3/h4-11H,12,22H2,1-3H3,(H,23,27). The molecule has 0 fully saturated rings. The number of nitrogens with two attached hydrogens (primary N) is 1. The summed E-state index contributed by atoms with van der Waals surface area (Å²) in [6, 6.07) is 12.2. The van der Waals surface area contributed by atoms with Crippen molar-refractivity contribution in [1.82, 2.24) is 14.8 Å². The molecule has 0 radical (unpaired) electrons. The molecular weight excluding hydrogens is 394 g/mol. The van der Waals surface area contributed by atoms with Gasteiger partial charge in [0.05, 0.1) is 34.8 Å². The number of benzene rings is 2. The second-order valence-corrected chi connectivity index (χ2v) is 6.74. The van der Waals surface area contributed by atoms with E-state index in [4.69, 9.17) is 26.9 Å². The number of hydrazine groups is 1. The number of anilines is 1. The average Bonchev–Trinajstić information content (AvgIpc) is 3.13. The zero-order chi connectivity index (χ0) is 21.0. The lowest BCUT2D eigenvalue weighted by molar-refractivity contribution is 0.223. The maximum absolute atomic E-state index is 11.9. The first-order valence-corrected chi connectivity index (χ1v) is 9.17. The Balaban J connectivity index is 1.81. The van der Waals surface area contributed by atoms with Crippen LogP contribution in [0.2, 0.25) is 5.02 Å². The minimum Gasteiger partial charge on any atom is -0.496 e. The molecular formula is C20H22ClN5O3. The fourth-order valence-electron chi connectivity index (χ4n) is 2.68. The van der Waals surface area contributed by atoms with Gasteiger partial charge in [-0.15, -0.1) is 0 Å². The van der Waals surface area contributed by atoms with Gasteiger partial charge in [0.2, 0.25) is 0 Å². The van der Waals surface area contributed by atoms with Crippen molar-refractivity contribution in [2.75, 3.05) is 19.5 Å². The molecule has 3 N–H and O–H groups in total. The first kappa shape index (κ1) is 20.5. The third-order valence-corrected chi connectivity index (χ3v) is 4.48. The summed E-state index contributed by atoms with van der Waals surface area (Å²) in [7, 11) is 3.00. The first-order chi connectivity index (χ1) is 13.9. The molecule has 152 valence electrons. The average molecular weight is 416 g/mol. The molecule has 9 heteroatoms. The fraction of sp³-hybridized carbons (Fsp3) is 0.200. The van der Waals surface area contributed by atoms with E-state index in [-0.39, 0.29) is 6.61 Å². The second-order valence-electron chi connectivity index (χ2n) is 6.33. The van der Waals surface area contributed by atoms with E-state index >= 15 is 0 Å². The summed E-state index contributed by atoms with van der Waals surface area (Å²) >= 11 is 6.40. The van der Waals surface area contributed by atoms with E-state index in [2.05, 4.69) is 10.4 Å². The number of hydrogen-bond donors (Lipinski definition) is 2. The van der Waals surface area contributed by atoms with E-state index in [1.165, 1.54) is 7.05 Å². The number of aryl methyl sites for hydroxylation is 1. The van der Waals surface area contributed by atoms with Gasteiger partial charge in [-0.05, 0) is 43.3 Å². The second kappa shape index (κ2) is 8.85. The van der Waals surface area contributed by atoms with Crippen molar-refractivity contribution < 1.29 is 14.3 Å². The summed E-state index contributed by atoms with van der Waals surface area (Å²) in [6.45, 7) is 2.05. The summed E-state index contributed by atoms with van der Waals surface area (Å²) in [5.41, 5.74) is 2.93. The number of rotatable bonds is 6. The molecule has 0 saturated heterocycles. The number of ether oxygens (including phenoxy) is 2. The van der Waals surface area contributed by atoms with Crippen molar-refractivity contribution >= 4 is 23.3 Å². The zero-order valence-corrected chi connectivity index (χ0v) is 17.1. The molecule has 1 heterocycles. The van der Waals surface area contributed by atoms with Gasteiger partial charge in [-0.2, -0.15) is 5.10 Å². The highest BCUT2D eigenvalue weighted by molar-refractivity contribution is 6.32. The Morgan fingerprint density at radius 1 is 1.28 bits per heavy atom. The summed E-state index contributed by atoms with van der Waals surface area (Å²) in [5.74, 6) is 6.56. The number of halogens is 1. The SMILES string of the molecule is COc1cccc(NC(=O)N(C)N)c1COc1ccc(-n2ccc(C)n2)cc1Cl. The van der Waals surface area contributed by atoms with Crippen LogP contribution in [-0.2, 0) is 6.61 Å². The highest BCUT2D eigenvalue weighted by Gasteiger charge is 2.15. The minimum absolute atomic E-state index is 0.133. The third kappa shape index (κ3) is 4.79. The van der Waals surface area contributed by atoms with E-state index in [1.54, 1.807) is 42.1 Å². The van der Waals surface area contributed by atoms with Crippen molar-refractivity contribution in [3.05, 3.63) is 64.9 Å². The smallest absolute Gasteiger partial charge is 0.335 e. The molecule has 3 rings (SSSR count). The Kier molecular flexibility index (Phi) is 6.26. The quantitative estimate of drug-likeness (QED) is 0.363. The van der Waals surface area contributed by atoms with Gasteiger partial charge in [0.15, 0.2) is 0 Å². The van der Waals surface area contributed by atoms with Crippen LogP contribution in [0.5, 0.6) is 11.5 Å². The Labute approximate surface area is 173 Å². The Bertz CT molecular complexity index is 1020. The summed E-state index contributed by atoms with van der Waals surface area (Å²) < 4.78 is 13.0. The lowest BCUT2D eigenvalue weighted by Gasteiger charge is -2.18. The molecule has 2 amide bonds.